The van der Waals surface area contributed by atoms with Gasteiger partial charge in [0.05, 0.1) is 0 Å². The lowest BCUT2D eigenvalue weighted by Crippen LogP contribution is -1.88. The predicted molar refractivity (Wildman–Crippen MR) is 41.0 cm³/mol. The van der Waals surface area contributed by atoms with Crippen LogP contribution in [-0.2, 0) is 0 Å². The van der Waals surface area contributed by atoms with Crippen molar-refractivity contribution in [2.24, 2.45) is 0 Å². The van der Waals surface area contributed by atoms with Crippen LogP contribution < -0.4 is 0 Å². The summed E-state index contributed by atoms with van der Waals surface area (Å²) < 4.78 is 0. The lowest BCUT2D eigenvalue weighted by atomic mass is 10.4. The fraction of sp³-hybridized carbons (Fsp3) is 1.00. The van der Waals surface area contributed by atoms with Gasteiger partial charge in [-0.2, -0.15) is 0 Å². The van der Waals surface area contributed by atoms with Crippen molar-refractivity contribution in [3.05, 3.63) is 0 Å². The van der Waals surface area contributed by atoms with E-state index < -0.39 is 0 Å². The second kappa shape index (κ2) is 2.35. The average Bonchev–Trinajstić information content (AvgIpc) is 2.45. The monoisotopic (exact) mass is 130 g/mol. The van der Waals surface area contributed by atoms with Crippen LogP contribution in [0.3, 0.4) is 0 Å². The van der Waals surface area contributed by atoms with Crippen LogP contribution in [0, 0.1) is 0 Å². The molecule has 0 saturated carbocycles. The normalized spacial score (nSPS) is 39.4. The van der Waals surface area contributed by atoms with Gasteiger partial charge in [0, 0.05) is 0 Å². The van der Waals surface area contributed by atoms with E-state index in [1.54, 1.807) is 6.16 Å². The van der Waals surface area contributed by atoms with Gasteiger partial charge in [0.2, 0.25) is 0 Å². The zero-order valence-electron chi connectivity index (χ0n) is 6.02. The molecule has 8 heavy (non-hydrogen) atoms. The van der Waals surface area contributed by atoms with Gasteiger partial charge in [0.15, 0.2) is 0 Å². The molecular formula is C7H15P. The van der Waals surface area contributed by atoms with E-state index in [-0.39, 0.29) is 0 Å². The molecule has 1 heteroatoms. The Morgan fingerprint density at radius 2 is 2.25 bits per heavy atom. The molecule has 0 spiro atoms. The molecule has 0 aliphatic carbocycles. The molecule has 1 fully saturated rings. The molecule has 48 valence electrons. The summed E-state index contributed by atoms with van der Waals surface area (Å²) in [5, 5.41) is 0. The summed E-state index contributed by atoms with van der Waals surface area (Å²) in [4.78, 5) is 0. The third-order valence-electron chi connectivity index (χ3n) is 2.06. The molecule has 0 aromatic carbocycles. The van der Waals surface area contributed by atoms with E-state index in [9.17, 15) is 0 Å². The summed E-state index contributed by atoms with van der Waals surface area (Å²) in [6.45, 7) is 7.09. The van der Waals surface area contributed by atoms with Crippen LogP contribution in [0.4, 0.5) is 0 Å². The summed E-state index contributed by atoms with van der Waals surface area (Å²) >= 11 is 0. The Morgan fingerprint density at radius 1 is 1.75 bits per heavy atom. The van der Waals surface area contributed by atoms with Crippen LogP contribution in [0.15, 0.2) is 0 Å². The minimum absolute atomic E-state index is 0.527. The van der Waals surface area contributed by atoms with Gasteiger partial charge in [0.25, 0.3) is 0 Å². The fourth-order valence-electron chi connectivity index (χ4n) is 1.11. The van der Waals surface area contributed by atoms with Gasteiger partial charge in [-0.15, -0.1) is 0 Å². The Hall–Kier alpha value is 0.430. The molecule has 1 saturated heterocycles. The van der Waals surface area contributed by atoms with Gasteiger partial charge in [-0.25, -0.2) is 0 Å². The zero-order chi connectivity index (χ0) is 6.15. The molecular weight excluding hydrogens is 115 g/mol. The van der Waals surface area contributed by atoms with Crippen LogP contribution in [0.1, 0.15) is 27.2 Å². The van der Waals surface area contributed by atoms with Gasteiger partial charge in [0.1, 0.15) is 0 Å². The maximum absolute atomic E-state index is 2.40. The van der Waals surface area contributed by atoms with E-state index >= 15 is 0 Å². The van der Waals surface area contributed by atoms with Crippen molar-refractivity contribution >= 4 is 7.92 Å². The van der Waals surface area contributed by atoms with E-state index in [0.717, 1.165) is 11.3 Å². The summed E-state index contributed by atoms with van der Waals surface area (Å²) in [6, 6.07) is 0. The molecule has 0 bridgehead atoms. The second-order valence-corrected chi connectivity index (χ2v) is 5.96. The molecule has 0 radical (unpaired) electrons. The first-order valence-corrected chi connectivity index (χ1v) is 5.18. The van der Waals surface area contributed by atoms with Crippen molar-refractivity contribution in [2.45, 2.75) is 38.5 Å². The molecule has 3 unspecified atom stereocenters. The smallest absolute Gasteiger partial charge is 0.0195 e. The van der Waals surface area contributed by atoms with Crippen LogP contribution >= 0.6 is 7.92 Å². The van der Waals surface area contributed by atoms with Crippen LogP contribution in [0.5, 0.6) is 0 Å². The highest BCUT2D eigenvalue weighted by molar-refractivity contribution is 7.66. The van der Waals surface area contributed by atoms with Gasteiger partial charge in [-0.3, -0.25) is 0 Å². The molecule has 1 rings (SSSR count). The fourth-order valence-corrected chi connectivity index (χ4v) is 3.60. The van der Waals surface area contributed by atoms with Crippen LogP contribution in [0.25, 0.3) is 0 Å². The van der Waals surface area contributed by atoms with E-state index in [0.29, 0.717) is 7.92 Å². The highest BCUT2D eigenvalue weighted by atomic mass is 31.1. The third-order valence-corrected chi connectivity index (χ3v) is 5.38. The van der Waals surface area contributed by atoms with E-state index in [4.69, 9.17) is 0 Å². The largest absolute Gasteiger partial charge is 0.0999 e. The molecule has 0 amide bonds. The molecule has 3 atom stereocenters. The molecule has 0 N–H and O–H groups in total. The molecule has 1 aliphatic rings. The Morgan fingerprint density at radius 3 is 2.38 bits per heavy atom. The van der Waals surface area contributed by atoms with E-state index in [1.807, 2.05) is 0 Å². The van der Waals surface area contributed by atoms with Crippen molar-refractivity contribution in [3.63, 3.8) is 0 Å². The predicted octanol–water partition coefficient (Wildman–Crippen LogP) is 2.67. The molecule has 1 heterocycles. The summed E-state index contributed by atoms with van der Waals surface area (Å²) in [7, 11) is 0.527. The Kier molecular flexibility index (Phi) is 1.92. The lowest BCUT2D eigenvalue weighted by Gasteiger charge is -2.04. The molecule has 0 aromatic rings. The van der Waals surface area contributed by atoms with Crippen molar-refractivity contribution in [1.29, 1.82) is 0 Å². The van der Waals surface area contributed by atoms with Gasteiger partial charge < -0.3 is 0 Å². The number of hydrogen-bond acceptors (Lipinski definition) is 0. The summed E-state index contributed by atoms with van der Waals surface area (Å²) in [5.41, 5.74) is 2.17. The third kappa shape index (κ3) is 1.23. The Labute approximate surface area is 53.4 Å². The molecule has 1 aliphatic heterocycles. The highest BCUT2D eigenvalue weighted by Gasteiger charge is 2.35. The van der Waals surface area contributed by atoms with Crippen molar-refractivity contribution in [2.75, 3.05) is 6.16 Å². The summed E-state index contributed by atoms with van der Waals surface area (Å²) in [6.07, 6.45) is 2.96. The Balaban J connectivity index is 2.18. The molecule has 0 aromatic heterocycles. The zero-order valence-corrected chi connectivity index (χ0v) is 6.91. The number of rotatable bonds is 2. The standard InChI is InChI=1S/C7H15P/c1-4-6(2)8-5-7(8)3/h6-7H,4-5H2,1-3H3. The summed E-state index contributed by atoms with van der Waals surface area (Å²) in [5.74, 6) is 0. The highest BCUT2D eigenvalue weighted by Crippen LogP contribution is 2.62. The maximum Gasteiger partial charge on any atom is -0.0195 e. The quantitative estimate of drug-likeness (QED) is 0.504. The first kappa shape index (κ1) is 6.55. The van der Waals surface area contributed by atoms with Gasteiger partial charge >= 0.3 is 0 Å². The first-order chi connectivity index (χ1) is 3.75. The van der Waals surface area contributed by atoms with Crippen molar-refractivity contribution < 1.29 is 0 Å². The lowest BCUT2D eigenvalue weighted by molar-refractivity contribution is 0.898. The Bertz CT molecular complexity index is 78.5. The van der Waals surface area contributed by atoms with Crippen LogP contribution in [-0.4, -0.2) is 17.5 Å². The first-order valence-electron chi connectivity index (χ1n) is 3.51. The van der Waals surface area contributed by atoms with Crippen molar-refractivity contribution in [3.8, 4) is 0 Å². The minimum Gasteiger partial charge on any atom is -0.0999 e. The van der Waals surface area contributed by atoms with Crippen LogP contribution in [0.2, 0.25) is 0 Å². The van der Waals surface area contributed by atoms with Crippen molar-refractivity contribution in [1.82, 2.24) is 0 Å². The van der Waals surface area contributed by atoms with E-state index in [2.05, 4.69) is 20.8 Å². The average molecular weight is 130 g/mol. The topological polar surface area (TPSA) is 0 Å². The van der Waals surface area contributed by atoms with Gasteiger partial charge in [-0.05, 0) is 23.9 Å². The van der Waals surface area contributed by atoms with Gasteiger partial charge in [-0.1, -0.05) is 28.7 Å². The van der Waals surface area contributed by atoms with E-state index in [1.165, 1.54) is 6.42 Å². The molecule has 0 nitrogen and oxygen atoms in total. The SMILES string of the molecule is CCC(C)P1CC1C. The maximum atomic E-state index is 2.40. The number of hydrogen-bond donors (Lipinski definition) is 0. The minimum atomic E-state index is 0.527. The second-order valence-electron chi connectivity index (χ2n) is 2.80.